The number of fused-ring (bicyclic) bond motifs is 11. The molecule has 2 unspecified atom stereocenters. The van der Waals surface area contributed by atoms with Gasteiger partial charge in [0.1, 0.15) is 15.9 Å². The van der Waals surface area contributed by atoms with Gasteiger partial charge in [-0.3, -0.25) is 0 Å². The van der Waals surface area contributed by atoms with Crippen molar-refractivity contribution in [3.05, 3.63) is 247 Å². The van der Waals surface area contributed by atoms with Crippen LogP contribution in [0.15, 0.2) is 224 Å². The SMILES string of the molecule is O[P+]1(c2ccccc2)c2ccccc2C2(c3ccccc3-n3c4ccccc4c4cccc2c43)c2cc(N(c3ccccc3)c3ccc(-c4ccccc4)cc3)ccc21. The first-order valence-corrected chi connectivity index (χ1v) is 22.0. The lowest BCUT2D eigenvalue weighted by Crippen LogP contribution is -2.50. The highest BCUT2D eigenvalue weighted by molar-refractivity contribution is 7.91. The zero-order valence-electron chi connectivity index (χ0n) is 32.2. The summed E-state index contributed by atoms with van der Waals surface area (Å²) in [5, 5.41) is 5.39. The van der Waals surface area contributed by atoms with Gasteiger partial charge in [-0.1, -0.05) is 152 Å². The summed E-state index contributed by atoms with van der Waals surface area (Å²) >= 11 is 0. The fourth-order valence-corrected chi connectivity index (χ4v) is 13.4. The fourth-order valence-electron chi connectivity index (χ4n) is 10.3. The van der Waals surface area contributed by atoms with Crippen molar-refractivity contribution in [2.75, 3.05) is 4.90 Å². The molecule has 0 bridgehead atoms. The highest BCUT2D eigenvalue weighted by atomic mass is 31.2. The normalized spacial score (nSPS) is 17.4. The minimum Gasteiger partial charge on any atom is -0.310 e. The Kier molecular flexibility index (Phi) is 7.50. The van der Waals surface area contributed by atoms with E-state index in [9.17, 15) is 4.89 Å². The van der Waals surface area contributed by atoms with Gasteiger partial charge in [0.15, 0.2) is 0 Å². The largest absolute Gasteiger partial charge is 0.310 e. The minimum absolute atomic E-state index is 0.761. The molecule has 0 aliphatic carbocycles. The number of benzene rings is 9. The topological polar surface area (TPSA) is 28.4 Å². The van der Waals surface area contributed by atoms with Gasteiger partial charge in [0, 0.05) is 39.0 Å². The summed E-state index contributed by atoms with van der Waals surface area (Å²) in [6, 6.07) is 80.6. The molecule has 1 aromatic heterocycles. The molecule has 2 aliphatic heterocycles. The minimum atomic E-state index is -3.15. The van der Waals surface area contributed by atoms with Gasteiger partial charge >= 0.3 is 0 Å². The molecule has 0 saturated carbocycles. The molecule has 12 rings (SSSR count). The zero-order chi connectivity index (χ0) is 39.1. The first kappa shape index (κ1) is 34.0. The van der Waals surface area contributed by atoms with E-state index in [0.29, 0.717) is 0 Å². The van der Waals surface area contributed by atoms with E-state index in [1.807, 2.05) is 6.07 Å². The van der Waals surface area contributed by atoms with Gasteiger partial charge in [-0.15, -0.1) is 0 Å². The Bertz CT molecular complexity index is 3230. The number of aromatic nitrogens is 1. The van der Waals surface area contributed by atoms with E-state index in [2.05, 4.69) is 228 Å². The quantitative estimate of drug-likeness (QED) is 0.176. The van der Waals surface area contributed by atoms with Crippen molar-refractivity contribution < 1.29 is 4.89 Å². The molecular weight excluding hydrogens is 736 g/mol. The second kappa shape index (κ2) is 13.0. The molecule has 59 heavy (non-hydrogen) atoms. The van der Waals surface area contributed by atoms with Crippen LogP contribution in [0.1, 0.15) is 22.3 Å². The monoisotopic (exact) mass is 773 g/mol. The Hall–Kier alpha value is -7.03. The van der Waals surface area contributed by atoms with Crippen LogP contribution < -0.4 is 20.8 Å². The van der Waals surface area contributed by atoms with Crippen LogP contribution >= 0.6 is 7.49 Å². The van der Waals surface area contributed by atoms with Crippen LogP contribution in [0, 0.1) is 0 Å². The molecule has 0 fully saturated rings. The Morgan fingerprint density at radius 1 is 0.407 bits per heavy atom. The zero-order valence-corrected chi connectivity index (χ0v) is 33.0. The molecule has 0 saturated heterocycles. The lowest BCUT2D eigenvalue weighted by molar-refractivity contribution is 0.626. The van der Waals surface area contributed by atoms with Gasteiger partial charge in [0.25, 0.3) is 0 Å². The van der Waals surface area contributed by atoms with Gasteiger partial charge in [-0.25, -0.2) is 4.89 Å². The number of nitrogens with zero attached hydrogens (tertiary/aromatic N) is 2. The fraction of sp³-hybridized carbons (Fsp3) is 0.0182. The molecule has 278 valence electrons. The van der Waals surface area contributed by atoms with Crippen LogP contribution in [0.4, 0.5) is 17.1 Å². The molecule has 0 amide bonds. The molecule has 2 atom stereocenters. The number of rotatable bonds is 5. The Labute approximate surface area is 344 Å². The molecule has 1 N–H and O–H groups in total. The van der Waals surface area contributed by atoms with Crippen molar-refractivity contribution in [2.24, 2.45) is 0 Å². The third-order valence-corrected chi connectivity index (χ3v) is 15.9. The van der Waals surface area contributed by atoms with Crippen LogP contribution in [0.3, 0.4) is 0 Å². The lowest BCUT2D eigenvalue weighted by Gasteiger charge is -2.46. The summed E-state index contributed by atoms with van der Waals surface area (Å²) in [5.74, 6) is 0. The van der Waals surface area contributed by atoms with Gasteiger partial charge in [-0.2, -0.15) is 0 Å². The first-order valence-electron chi connectivity index (χ1n) is 20.2. The third-order valence-electron chi connectivity index (χ3n) is 12.7. The lowest BCUT2D eigenvalue weighted by atomic mass is 9.62. The molecule has 1 spiro atoms. The molecule has 9 aromatic carbocycles. The first-order chi connectivity index (χ1) is 29.2. The van der Waals surface area contributed by atoms with Crippen molar-refractivity contribution in [3.63, 3.8) is 0 Å². The van der Waals surface area contributed by atoms with E-state index in [1.54, 1.807) is 0 Å². The molecule has 2 aliphatic rings. The van der Waals surface area contributed by atoms with Crippen molar-refractivity contribution in [1.82, 2.24) is 4.57 Å². The van der Waals surface area contributed by atoms with Gasteiger partial charge < -0.3 is 9.47 Å². The van der Waals surface area contributed by atoms with Crippen LogP contribution in [0.25, 0.3) is 38.6 Å². The number of anilines is 3. The maximum absolute atomic E-state index is 13.8. The molecule has 0 radical (unpaired) electrons. The van der Waals surface area contributed by atoms with Crippen molar-refractivity contribution in [3.8, 4) is 16.8 Å². The molecular formula is C55H38N2OP+. The smallest absolute Gasteiger partial charge is 0.239 e. The van der Waals surface area contributed by atoms with E-state index >= 15 is 0 Å². The maximum Gasteiger partial charge on any atom is 0.239 e. The maximum atomic E-state index is 13.8. The average Bonchev–Trinajstić information content (AvgIpc) is 3.66. The second-order valence-electron chi connectivity index (χ2n) is 15.6. The summed E-state index contributed by atoms with van der Waals surface area (Å²) in [7, 11) is -3.15. The van der Waals surface area contributed by atoms with Crippen LogP contribution in [0.5, 0.6) is 0 Å². The van der Waals surface area contributed by atoms with Gasteiger partial charge in [0.2, 0.25) is 7.49 Å². The van der Waals surface area contributed by atoms with Gasteiger partial charge in [0.05, 0.1) is 22.1 Å². The van der Waals surface area contributed by atoms with Crippen molar-refractivity contribution in [2.45, 2.75) is 5.41 Å². The summed E-state index contributed by atoms with van der Waals surface area (Å²) in [6.07, 6.45) is 0. The van der Waals surface area contributed by atoms with Crippen LogP contribution in [-0.4, -0.2) is 9.46 Å². The number of hydrogen-bond donors (Lipinski definition) is 1. The van der Waals surface area contributed by atoms with E-state index in [0.717, 1.165) is 49.8 Å². The summed E-state index contributed by atoms with van der Waals surface area (Å²) < 4.78 is 2.48. The van der Waals surface area contributed by atoms with E-state index in [4.69, 9.17) is 0 Å². The Morgan fingerprint density at radius 2 is 0.966 bits per heavy atom. The number of hydrogen-bond acceptors (Lipinski definition) is 2. The molecule has 3 heterocycles. The van der Waals surface area contributed by atoms with E-state index in [1.165, 1.54) is 44.1 Å². The average molecular weight is 774 g/mol. The summed E-state index contributed by atoms with van der Waals surface area (Å²) in [5.41, 5.74) is 12.9. The van der Waals surface area contributed by atoms with Gasteiger partial charge in [-0.05, 0) is 95.1 Å². The van der Waals surface area contributed by atoms with E-state index < -0.39 is 12.9 Å². The van der Waals surface area contributed by atoms with Crippen LogP contribution in [-0.2, 0) is 5.41 Å². The number of para-hydroxylation sites is 4. The highest BCUT2D eigenvalue weighted by Gasteiger charge is 2.60. The summed E-state index contributed by atoms with van der Waals surface area (Å²) in [6.45, 7) is 0. The summed E-state index contributed by atoms with van der Waals surface area (Å²) in [4.78, 5) is 16.2. The van der Waals surface area contributed by atoms with E-state index in [-0.39, 0.29) is 0 Å². The Morgan fingerprint density at radius 3 is 1.76 bits per heavy atom. The highest BCUT2D eigenvalue weighted by Crippen LogP contribution is 2.64. The predicted molar refractivity (Wildman–Crippen MR) is 247 cm³/mol. The Balaban J connectivity index is 1.21. The molecule has 10 aromatic rings. The molecule has 3 nitrogen and oxygen atoms in total. The van der Waals surface area contributed by atoms with Crippen molar-refractivity contribution >= 4 is 62.3 Å². The predicted octanol–water partition coefficient (Wildman–Crippen LogP) is 12.1. The van der Waals surface area contributed by atoms with Crippen LogP contribution in [0.2, 0.25) is 0 Å². The second-order valence-corrected chi connectivity index (χ2v) is 18.3. The van der Waals surface area contributed by atoms with Crippen molar-refractivity contribution in [1.29, 1.82) is 0 Å². The third kappa shape index (κ3) is 4.72. The standard InChI is InChI=1S/C55H38N2OP/c58-59(43-21-8-3-9-22-43)52-30-15-12-26-47(52)55(46-25-11-14-29-51(46)57-50-28-13-10-23-44(50)45-24-16-27-48(55)54(45)57)49-37-42(35-36-53(49)59)56(40-19-6-2-7-20-40)41-33-31-39(32-34-41)38-17-4-1-5-18-38/h1-37,58H/q+1. The molecule has 4 heteroatoms.